The molecule has 1 aliphatic heterocycles. The van der Waals surface area contributed by atoms with Crippen LogP contribution in [0.1, 0.15) is 24.0 Å². The lowest BCUT2D eigenvalue weighted by molar-refractivity contribution is -0.140. The van der Waals surface area contributed by atoms with E-state index in [1.807, 2.05) is 19.1 Å². The molecule has 1 aromatic carbocycles. The predicted octanol–water partition coefficient (Wildman–Crippen LogP) is 4.05. The van der Waals surface area contributed by atoms with Crippen LogP contribution in [0.25, 0.3) is 0 Å². The van der Waals surface area contributed by atoms with Gasteiger partial charge in [0, 0.05) is 8.95 Å². The minimum atomic E-state index is -0.213. The van der Waals surface area contributed by atoms with Gasteiger partial charge in [-0.2, -0.15) is 10.1 Å². The molecular formula is C18H16Br2N2O2. The van der Waals surface area contributed by atoms with Crippen molar-refractivity contribution in [2.75, 3.05) is 0 Å². The lowest BCUT2D eigenvalue weighted by Crippen LogP contribution is -2.38. The molecule has 2 fully saturated rings. The normalized spacial score (nSPS) is 31.4. The second-order valence-electron chi connectivity index (χ2n) is 6.68. The molecule has 4 aliphatic rings. The Balaban J connectivity index is 1.62. The first-order valence-electron chi connectivity index (χ1n) is 8.03. The number of benzene rings is 1. The Kier molecular flexibility index (Phi) is 4.00. The molecule has 5 rings (SSSR count). The predicted molar refractivity (Wildman–Crippen MR) is 98.4 cm³/mol. The highest BCUT2D eigenvalue weighted by Gasteiger charge is 2.56. The third kappa shape index (κ3) is 2.42. The molecule has 0 aromatic heterocycles. The third-order valence-electron chi connectivity index (χ3n) is 5.36. The summed E-state index contributed by atoms with van der Waals surface area (Å²) in [6.07, 6.45) is 7.80. The first-order chi connectivity index (χ1) is 11.5. The minimum absolute atomic E-state index is 0.148. The summed E-state index contributed by atoms with van der Waals surface area (Å²) >= 11 is 7.00. The molecule has 6 heteroatoms. The molecular weight excluding hydrogens is 436 g/mol. The van der Waals surface area contributed by atoms with Crippen molar-refractivity contribution in [1.29, 1.82) is 0 Å². The number of halogens is 2. The molecule has 1 aromatic rings. The van der Waals surface area contributed by atoms with Gasteiger partial charge in [-0.3, -0.25) is 9.59 Å². The second-order valence-corrected chi connectivity index (χ2v) is 8.39. The molecule has 2 bridgehead atoms. The smallest absolute Gasteiger partial charge is 0.254 e. The Morgan fingerprint density at radius 1 is 1.04 bits per heavy atom. The number of hydrogen-bond acceptors (Lipinski definition) is 3. The van der Waals surface area contributed by atoms with E-state index in [2.05, 4.69) is 49.1 Å². The maximum absolute atomic E-state index is 12.7. The van der Waals surface area contributed by atoms with Gasteiger partial charge in [0.2, 0.25) is 0 Å². The van der Waals surface area contributed by atoms with Crippen LogP contribution in [-0.4, -0.2) is 23.0 Å². The molecule has 4 nitrogen and oxygen atoms in total. The average molecular weight is 452 g/mol. The van der Waals surface area contributed by atoms with Crippen LogP contribution in [0.2, 0.25) is 0 Å². The molecule has 0 radical (unpaired) electrons. The molecule has 2 amide bonds. The fourth-order valence-electron chi connectivity index (χ4n) is 4.04. The van der Waals surface area contributed by atoms with Crippen LogP contribution >= 0.6 is 31.9 Å². The van der Waals surface area contributed by atoms with Crippen molar-refractivity contribution in [3.63, 3.8) is 0 Å². The second kappa shape index (κ2) is 5.92. The number of nitrogens with zero attached hydrogens (tertiary/aromatic N) is 2. The van der Waals surface area contributed by atoms with E-state index in [9.17, 15) is 9.59 Å². The number of imide groups is 1. The van der Waals surface area contributed by atoms with E-state index in [1.165, 1.54) is 0 Å². The van der Waals surface area contributed by atoms with Crippen molar-refractivity contribution in [3.8, 4) is 0 Å². The number of hydrazone groups is 1. The van der Waals surface area contributed by atoms with E-state index < -0.39 is 0 Å². The fourth-order valence-corrected chi connectivity index (χ4v) is 5.26. The first kappa shape index (κ1) is 16.2. The Labute approximate surface area is 157 Å². The number of carbonyl (C=O) groups excluding carboxylic acids is 2. The lowest BCUT2D eigenvalue weighted by atomic mass is 9.63. The summed E-state index contributed by atoms with van der Waals surface area (Å²) in [7, 11) is 0. The van der Waals surface area contributed by atoms with E-state index in [0.717, 1.165) is 37.9 Å². The summed E-state index contributed by atoms with van der Waals surface area (Å²) < 4.78 is 1.90. The maximum Gasteiger partial charge on any atom is 0.254 e. The maximum atomic E-state index is 12.7. The van der Waals surface area contributed by atoms with Crippen molar-refractivity contribution in [1.82, 2.24) is 5.01 Å². The van der Waals surface area contributed by atoms with Crippen molar-refractivity contribution in [2.45, 2.75) is 19.8 Å². The van der Waals surface area contributed by atoms with Crippen LogP contribution in [-0.2, 0) is 9.59 Å². The van der Waals surface area contributed by atoms with E-state index in [0.29, 0.717) is 0 Å². The molecule has 1 saturated heterocycles. The zero-order chi connectivity index (χ0) is 17.0. The molecule has 1 saturated carbocycles. The molecule has 1 heterocycles. The largest absolute Gasteiger partial charge is 0.272 e. The SMILES string of the molecule is Cc1c(Br)cc(/C=N\N2C(=O)[C@H]3[C@H](C2=O)[C@H]2C=C[C@H]3CC2)cc1Br. The highest BCUT2D eigenvalue weighted by molar-refractivity contribution is 9.11. The number of rotatable bonds is 2. The van der Waals surface area contributed by atoms with Gasteiger partial charge in [-0.15, -0.1) is 0 Å². The van der Waals surface area contributed by atoms with Crippen LogP contribution in [0, 0.1) is 30.6 Å². The molecule has 124 valence electrons. The fraction of sp³-hybridized carbons (Fsp3) is 0.389. The first-order valence-corrected chi connectivity index (χ1v) is 9.61. The number of allylic oxidation sites excluding steroid dienone is 2. The van der Waals surface area contributed by atoms with Gasteiger partial charge in [0.25, 0.3) is 11.8 Å². The molecule has 3 aliphatic carbocycles. The molecule has 24 heavy (non-hydrogen) atoms. The van der Waals surface area contributed by atoms with Gasteiger partial charge in [-0.25, -0.2) is 0 Å². The number of amides is 2. The number of hydrogen-bond donors (Lipinski definition) is 0. The van der Waals surface area contributed by atoms with Crippen LogP contribution in [0.15, 0.2) is 38.3 Å². The standard InChI is InChI=1S/C18H16Br2N2O2/c1-9-13(19)6-10(7-14(9)20)8-21-22-17(23)15-11-2-3-12(5-4-11)16(15)18(22)24/h2-3,6-8,11-12,15-16H,4-5H2,1H3/b21-8-/t11-,12-,15+,16+/m0/s1. The summed E-state index contributed by atoms with van der Waals surface area (Å²) in [4.78, 5) is 25.4. The zero-order valence-electron chi connectivity index (χ0n) is 13.1. The zero-order valence-corrected chi connectivity index (χ0v) is 16.2. The summed E-state index contributed by atoms with van der Waals surface area (Å²) in [6, 6.07) is 3.85. The third-order valence-corrected chi connectivity index (χ3v) is 7.01. The van der Waals surface area contributed by atoms with Gasteiger partial charge in [-0.05, 0) is 54.9 Å². The quantitative estimate of drug-likeness (QED) is 0.387. The van der Waals surface area contributed by atoms with Gasteiger partial charge in [0.05, 0.1) is 18.1 Å². The topological polar surface area (TPSA) is 49.7 Å². The Bertz CT molecular complexity index is 747. The summed E-state index contributed by atoms with van der Waals surface area (Å²) in [5, 5.41) is 5.32. The van der Waals surface area contributed by atoms with Crippen molar-refractivity contribution in [2.24, 2.45) is 28.8 Å². The van der Waals surface area contributed by atoms with Gasteiger partial charge < -0.3 is 0 Å². The summed E-state index contributed by atoms with van der Waals surface area (Å²) in [5.41, 5.74) is 1.92. The van der Waals surface area contributed by atoms with Crippen LogP contribution in [0.5, 0.6) is 0 Å². The van der Waals surface area contributed by atoms with Gasteiger partial charge in [-0.1, -0.05) is 44.0 Å². The van der Waals surface area contributed by atoms with Crippen LogP contribution in [0.4, 0.5) is 0 Å². The molecule has 0 unspecified atom stereocenters. The van der Waals surface area contributed by atoms with E-state index >= 15 is 0 Å². The van der Waals surface area contributed by atoms with Crippen LogP contribution < -0.4 is 0 Å². The van der Waals surface area contributed by atoms with E-state index in [4.69, 9.17) is 0 Å². The summed E-state index contributed by atoms with van der Waals surface area (Å²) in [5.74, 6) is -0.334. The summed E-state index contributed by atoms with van der Waals surface area (Å²) in [6.45, 7) is 2.00. The van der Waals surface area contributed by atoms with Crippen molar-refractivity contribution >= 4 is 49.9 Å². The number of fused-ring (bicyclic) bond motifs is 1. The average Bonchev–Trinajstić information content (AvgIpc) is 2.85. The monoisotopic (exact) mass is 450 g/mol. The Morgan fingerprint density at radius 2 is 1.54 bits per heavy atom. The Hall–Kier alpha value is -1.27. The van der Waals surface area contributed by atoms with Crippen molar-refractivity contribution < 1.29 is 9.59 Å². The molecule has 0 N–H and O–H groups in total. The van der Waals surface area contributed by atoms with Gasteiger partial charge in [0.1, 0.15) is 0 Å². The van der Waals surface area contributed by atoms with Gasteiger partial charge in [0.15, 0.2) is 0 Å². The van der Waals surface area contributed by atoms with E-state index in [1.54, 1.807) is 6.21 Å². The molecule has 0 spiro atoms. The van der Waals surface area contributed by atoms with Crippen molar-refractivity contribution in [3.05, 3.63) is 44.4 Å². The van der Waals surface area contributed by atoms with Crippen LogP contribution in [0.3, 0.4) is 0 Å². The molecule has 4 atom stereocenters. The Morgan fingerprint density at radius 3 is 2.00 bits per heavy atom. The van der Waals surface area contributed by atoms with Gasteiger partial charge >= 0.3 is 0 Å². The van der Waals surface area contributed by atoms with E-state index in [-0.39, 0.29) is 35.5 Å². The number of carbonyl (C=O) groups is 2. The highest BCUT2D eigenvalue weighted by Crippen LogP contribution is 2.49. The highest BCUT2D eigenvalue weighted by atomic mass is 79.9. The minimum Gasteiger partial charge on any atom is -0.272 e. The lowest BCUT2D eigenvalue weighted by Gasteiger charge is -2.37.